The van der Waals surface area contributed by atoms with Crippen LogP contribution >= 0.6 is 12.2 Å². The van der Waals surface area contributed by atoms with Crippen molar-refractivity contribution in [2.45, 2.75) is 0 Å². The van der Waals surface area contributed by atoms with Crippen molar-refractivity contribution in [1.82, 2.24) is 0 Å². The van der Waals surface area contributed by atoms with Crippen LogP contribution in [0.2, 0.25) is 0 Å². The maximum Gasteiger partial charge on any atom is 0.146 e. The Morgan fingerprint density at radius 2 is 2.09 bits per heavy atom. The molecule has 4 heteroatoms. The summed E-state index contributed by atoms with van der Waals surface area (Å²) in [7, 11) is 0. The summed E-state index contributed by atoms with van der Waals surface area (Å²) in [5.41, 5.74) is 11.2. The number of nitrogens with two attached hydrogens (primary N) is 2. The van der Waals surface area contributed by atoms with Crippen LogP contribution in [0.1, 0.15) is 5.56 Å². The number of benzene rings is 1. The van der Waals surface area contributed by atoms with Gasteiger partial charge >= 0.3 is 0 Å². The minimum absolute atomic E-state index is 0.0651. The zero-order valence-corrected chi connectivity index (χ0v) is 6.49. The average Bonchev–Trinajstić information content (AvgIpc) is 1.94. The van der Waals surface area contributed by atoms with E-state index in [4.69, 9.17) is 11.5 Å². The van der Waals surface area contributed by atoms with Crippen LogP contribution in [0.5, 0.6) is 0 Å². The Bertz CT molecular complexity index is 298. The maximum atomic E-state index is 12.6. The van der Waals surface area contributed by atoms with Crippen LogP contribution in [0.4, 0.5) is 10.1 Å². The summed E-state index contributed by atoms with van der Waals surface area (Å²) in [6.45, 7) is 0. The van der Waals surface area contributed by atoms with Crippen molar-refractivity contribution in [2.75, 3.05) is 5.73 Å². The third kappa shape index (κ3) is 1.65. The summed E-state index contributed by atoms with van der Waals surface area (Å²) < 4.78 is 12.6. The molecule has 0 radical (unpaired) electrons. The Kier molecular flexibility index (Phi) is 2.05. The second kappa shape index (κ2) is 2.84. The van der Waals surface area contributed by atoms with E-state index >= 15 is 0 Å². The highest BCUT2D eigenvalue weighted by Gasteiger charge is 2.00. The Morgan fingerprint density at radius 1 is 1.45 bits per heavy atom. The van der Waals surface area contributed by atoms with E-state index < -0.39 is 5.82 Å². The number of halogens is 1. The number of hydrogen-bond acceptors (Lipinski definition) is 2. The molecule has 0 saturated carbocycles. The van der Waals surface area contributed by atoms with Gasteiger partial charge in [-0.25, -0.2) is 4.39 Å². The Hall–Kier alpha value is -1.16. The highest BCUT2D eigenvalue weighted by atomic mass is 32.1. The van der Waals surface area contributed by atoms with E-state index in [1.807, 2.05) is 0 Å². The molecule has 2 nitrogen and oxygen atoms in total. The summed E-state index contributed by atoms with van der Waals surface area (Å²) >= 11 is 4.66. The zero-order chi connectivity index (χ0) is 8.43. The third-order valence-corrected chi connectivity index (χ3v) is 1.52. The summed E-state index contributed by atoms with van der Waals surface area (Å²) in [5.74, 6) is -0.454. The molecule has 1 aromatic carbocycles. The summed E-state index contributed by atoms with van der Waals surface area (Å²) in [5, 5.41) is 0. The lowest BCUT2D eigenvalue weighted by molar-refractivity contribution is 0.632. The molecule has 0 spiro atoms. The van der Waals surface area contributed by atoms with Crippen molar-refractivity contribution < 1.29 is 4.39 Å². The van der Waals surface area contributed by atoms with Crippen LogP contribution in [0, 0.1) is 5.82 Å². The molecule has 1 rings (SSSR count). The molecule has 0 atom stereocenters. The largest absolute Gasteiger partial charge is 0.396 e. The minimum atomic E-state index is -0.454. The maximum absolute atomic E-state index is 12.6. The molecular formula is C7H7FN2S. The van der Waals surface area contributed by atoms with Gasteiger partial charge in [-0.15, -0.1) is 0 Å². The van der Waals surface area contributed by atoms with Crippen LogP contribution in [-0.2, 0) is 0 Å². The van der Waals surface area contributed by atoms with Crippen molar-refractivity contribution in [3.05, 3.63) is 29.6 Å². The second-order valence-corrected chi connectivity index (χ2v) is 2.54. The van der Waals surface area contributed by atoms with Crippen LogP contribution in [0.3, 0.4) is 0 Å². The molecule has 0 heterocycles. The molecular weight excluding hydrogens is 163 g/mol. The van der Waals surface area contributed by atoms with Crippen molar-refractivity contribution in [3.8, 4) is 0 Å². The standard InChI is InChI=1S/C7H7FN2S/c8-5-2-1-4(7(10)11)3-6(5)9/h1-3H,9H2,(H2,10,11). The summed E-state index contributed by atoms with van der Waals surface area (Å²) in [6, 6.07) is 4.15. The lowest BCUT2D eigenvalue weighted by atomic mass is 10.2. The Labute approximate surface area is 69.0 Å². The van der Waals surface area contributed by atoms with E-state index in [9.17, 15) is 4.39 Å². The summed E-state index contributed by atoms with van der Waals surface area (Å²) in [6.07, 6.45) is 0. The first-order valence-corrected chi connectivity index (χ1v) is 3.37. The van der Waals surface area contributed by atoms with Gasteiger partial charge in [0.25, 0.3) is 0 Å². The highest BCUT2D eigenvalue weighted by molar-refractivity contribution is 7.80. The van der Waals surface area contributed by atoms with Gasteiger partial charge in [-0.3, -0.25) is 0 Å². The molecule has 0 saturated heterocycles. The molecule has 0 aliphatic heterocycles. The quantitative estimate of drug-likeness (QED) is 0.489. The lowest BCUT2D eigenvalue weighted by Gasteiger charge is -1.99. The Balaban J connectivity index is 3.15. The van der Waals surface area contributed by atoms with Gasteiger partial charge in [0.15, 0.2) is 0 Å². The second-order valence-electron chi connectivity index (χ2n) is 2.10. The molecule has 0 bridgehead atoms. The molecule has 4 N–H and O–H groups in total. The van der Waals surface area contributed by atoms with Gasteiger partial charge in [-0.2, -0.15) is 0 Å². The first kappa shape index (κ1) is 7.94. The van der Waals surface area contributed by atoms with Crippen molar-refractivity contribution >= 4 is 22.9 Å². The third-order valence-electron chi connectivity index (χ3n) is 1.28. The number of nitrogen functional groups attached to an aromatic ring is 1. The number of thiocarbonyl (C=S) groups is 1. The normalized spacial score (nSPS) is 9.55. The first-order valence-electron chi connectivity index (χ1n) is 2.96. The van der Waals surface area contributed by atoms with Gasteiger partial charge in [0.05, 0.1) is 5.69 Å². The van der Waals surface area contributed by atoms with Crippen molar-refractivity contribution in [2.24, 2.45) is 5.73 Å². The van der Waals surface area contributed by atoms with E-state index in [0.29, 0.717) is 5.56 Å². The minimum Gasteiger partial charge on any atom is -0.396 e. The average molecular weight is 170 g/mol. The monoisotopic (exact) mass is 170 g/mol. The first-order chi connectivity index (χ1) is 5.11. The van der Waals surface area contributed by atoms with Gasteiger partial charge in [0.1, 0.15) is 10.8 Å². The van der Waals surface area contributed by atoms with Crippen LogP contribution in [0.25, 0.3) is 0 Å². The van der Waals surface area contributed by atoms with Gasteiger partial charge < -0.3 is 11.5 Å². The van der Waals surface area contributed by atoms with E-state index in [1.54, 1.807) is 0 Å². The molecule has 0 aliphatic carbocycles. The van der Waals surface area contributed by atoms with Gasteiger partial charge in [-0.1, -0.05) is 12.2 Å². The van der Waals surface area contributed by atoms with E-state index in [2.05, 4.69) is 12.2 Å². The zero-order valence-electron chi connectivity index (χ0n) is 5.67. The molecule has 0 amide bonds. The number of anilines is 1. The molecule has 0 unspecified atom stereocenters. The van der Waals surface area contributed by atoms with Crippen molar-refractivity contribution in [3.63, 3.8) is 0 Å². The molecule has 11 heavy (non-hydrogen) atoms. The molecule has 1 aromatic rings. The van der Waals surface area contributed by atoms with Gasteiger partial charge in [0.2, 0.25) is 0 Å². The number of rotatable bonds is 1. The topological polar surface area (TPSA) is 52.0 Å². The molecule has 0 aromatic heterocycles. The fourth-order valence-electron chi connectivity index (χ4n) is 0.697. The van der Waals surface area contributed by atoms with Crippen LogP contribution < -0.4 is 11.5 Å². The van der Waals surface area contributed by atoms with Gasteiger partial charge in [0, 0.05) is 5.56 Å². The van der Waals surface area contributed by atoms with Crippen molar-refractivity contribution in [1.29, 1.82) is 0 Å². The number of hydrogen-bond donors (Lipinski definition) is 2. The van der Waals surface area contributed by atoms with E-state index in [1.165, 1.54) is 18.2 Å². The molecule has 58 valence electrons. The fourth-order valence-corrected chi connectivity index (χ4v) is 0.824. The van der Waals surface area contributed by atoms with E-state index in [0.717, 1.165) is 0 Å². The molecule has 0 aliphatic rings. The van der Waals surface area contributed by atoms with Crippen LogP contribution in [0.15, 0.2) is 18.2 Å². The molecule has 0 fully saturated rings. The van der Waals surface area contributed by atoms with Crippen LogP contribution in [-0.4, -0.2) is 4.99 Å². The SMILES string of the molecule is NC(=S)c1ccc(F)c(N)c1. The van der Waals surface area contributed by atoms with Gasteiger partial charge in [-0.05, 0) is 18.2 Å². The highest BCUT2D eigenvalue weighted by Crippen LogP contribution is 2.11. The lowest BCUT2D eigenvalue weighted by Crippen LogP contribution is -2.09. The summed E-state index contributed by atoms with van der Waals surface area (Å²) in [4.78, 5) is 0.219. The Morgan fingerprint density at radius 3 is 2.55 bits per heavy atom. The van der Waals surface area contributed by atoms with E-state index in [-0.39, 0.29) is 10.7 Å². The predicted molar refractivity (Wildman–Crippen MR) is 46.7 cm³/mol. The predicted octanol–water partition coefficient (Wildman–Crippen LogP) is 1.04. The fraction of sp³-hybridized carbons (Fsp3) is 0. The smallest absolute Gasteiger partial charge is 0.146 e.